The predicted octanol–water partition coefficient (Wildman–Crippen LogP) is 0.222. The van der Waals surface area contributed by atoms with Gasteiger partial charge < -0.3 is 21.1 Å². The highest BCUT2D eigenvalue weighted by molar-refractivity contribution is 8.01. The molecule has 7 nitrogen and oxygen atoms in total. The lowest BCUT2D eigenvalue weighted by Crippen LogP contribution is -2.71. The number of nitrogens with two attached hydrogens (primary N) is 1. The van der Waals surface area contributed by atoms with Gasteiger partial charge in [-0.15, -0.1) is 11.8 Å². The van der Waals surface area contributed by atoms with Crippen LogP contribution >= 0.6 is 11.8 Å². The highest BCUT2D eigenvalue weighted by atomic mass is 32.2. The summed E-state index contributed by atoms with van der Waals surface area (Å²) in [6, 6.07) is -2.38. The first-order chi connectivity index (χ1) is 11.2. The molecule has 2 fully saturated rings. The molecule has 0 aromatic heterocycles. The van der Waals surface area contributed by atoms with Crippen molar-refractivity contribution in [2.45, 2.75) is 54.9 Å². The molecule has 2 aliphatic heterocycles. The van der Waals surface area contributed by atoms with Crippen LogP contribution in [-0.4, -0.2) is 56.0 Å². The van der Waals surface area contributed by atoms with Crippen molar-refractivity contribution in [2.75, 3.05) is 0 Å². The van der Waals surface area contributed by atoms with Crippen molar-refractivity contribution in [1.82, 2.24) is 10.2 Å². The minimum Gasteiger partial charge on any atom is -0.480 e. The number of carbonyl (C=O) groups is 3. The Bertz CT molecular complexity index is 658. The molecule has 0 saturated carbocycles. The second kappa shape index (κ2) is 5.93. The molecule has 8 heteroatoms. The number of carboxylic acids is 1. The number of nitrogens with one attached hydrogen (secondary N) is 1. The van der Waals surface area contributed by atoms with Gasteiger partial charge >= 0.3 is 5.97 Å². The summed E-state index contributed by atoms with van der Waals surface area (Å²) in [5, 5.41) is 11.7. The Balaban J connectivity index is 1.68. The molecular formula is C16H21N3O4S. The lowest BCUT2D eigenvalue weighted by atomic mass is 9.95. The van der Waals surface area contributed by atoms with E-state index in [-0.39, 0.29) is 11.3 Å². The van der Waals surface area contributed by atoms with E-state index in [1.807, 2.05) is 18.2 Å². The second-order valence-corrected chi connectivity index (χ2v) is 8.52. The Morgan fingerprint density at radius 3 is 2.75 bits per heavy atom. The van der Waals surface area contributed by atoms with Gasteiger partial charge in [-0.3, -0.25) is 9.59 Å². The number of aliphatic carboxylic acids is 1. The van der Waals surface area contributed by atoms with Gasteiger partial charge in [0.2, 0.25) is 11.8 Å². The summed E-state index contributed by atoms with van der Waals surface area (Å²) in [5.41, 5.74) is 6.83. The Labute approximate surface area is 144 Å². The van der Waals surface area contributed by atoms with Crippen molar-refractivity contribution >= 4 is 29.5 Å². The number of rotatable bonds is 4. The summed E-state index contributed by atoms with van der Waals surface area (Å²) in [6.07, 6.45) is 7.27. The van der Waals surface area contributed by atoms with Crippen LogP contribution in [0, 0.1) is 0 Å². The maximum absolute atomic E-state index is 12.4. The molecule has 3 rings (SSSR count). The summed E-state index contributed by atoms with van der Waals surface area (Å²) >= 11 is 1.40. The number of carboxylic acid groups (broad SMARTS) is 1. The molecule has 1 unspecified atom stereocenters. The fraction of sp³-hybridized carbons (Fsp3) is 0.562. The van der Waals surface area contributed by atoms with Gasteiger partial charge in [0.25, 0.3) is 0 Å². The molecule has 0 bridgehead atoms. The van der Waals surface area contributed by atoms with E-state index in [0.29, 0.717) is 6.42 Å². The fourth-order valence-electron chi connectivity index (χ4n) is 3.43. The van der Waals surface area contributed by atoms with Crippen LogP contribution in [0.5, 0.6) is 0 Å². The van der Waals surface area contributed by atoms with E-state index in [0.717, 1.165) is 12.0 Å². The van der Waals surface area contributed by atoms with Gasteiger partial charge in [0.15, 0.2) is 0 Å². The maximum Gasteiger partial charge on any atom is 0.327 e. The third-order valence-electron chi connectivity index (χ3n) is 4.69. The first-order valence-electron chi connectivity index (χ1n) is 7.86. The van der Waals surface area contributed by atoms with E-state index < -0.39 is 34.7 Å². The zero-order valence-corrected chi connectivity index (χ0v) is 14.4. The molecule has 0 aromatic carbocycles. The Morgan fingerprint density at radius 1 is 1.46 bits per heavy atom. The van der Waals surface area contributed by atoms with Crippen LogP contribution < -0.4 is 11.1 Å². The molecule has 4 N–H and O–H groups in total. The molecule has 24 heavy (non-hydrogen) atoms. The zero-order chi connectivity index (χ0) is 17.6. The summed E-state index contributed by atoms with van der Waals surface area (Å²) in [4.78, 5) is 37.5. The Kier molecular flexibility index (Phi) is 4.21. The van der Waals surface area contributed by atoms with Crippen molar-refractivity contribution in [3.63, 3.8) is 0 Å². The minimum atomic E-state index is -1.02. The summed E-state index contributed by atoms with van der Waals surface area (Å²) in [6.45, 7) is 3.59. The summed E-state index contributed by atoms with van der Waals surface area (Å²) in [5.74, 6) is -1.78. The Morgan fingerprint density at radius 2 is 2.17 bits per heavy atom. The molecular weight excluding hydrogens is 330 g/mol. The van der Waals surface area contributed by atoms with Gasteiger partial charge in [-0.2, -0.15) is 0 Å². The maximum atomic E-state index is 12.4. The number of thioether (sulfide) groups is 1. The van der Waals surface area contributed by atoms with E-state index in [9.17, 15) is 19.5 Å². The van der Waals surface area contributed by atoms with Crippen molar-refractivity contribution < 1.29 is 19.5 Å². The molecule has 0 spiro atoms. The highest BCUT2D eigenvalue weighted by Gasteiger charge is 2.64. The average Bonchev–Trinajstić information content (AvgIpc) is 2.80. The van der Waals surface area contributed by atoms with E-state index in [1.165, 1.54) is 16.7 Å². The van der Waals surface area contributed by atoms with Crippen molar-refractivity contribution in [2.24, 2.45) is 5.73 Å². The third-order valence-corrected chi connectivity index (χ3v) is 6.26. The van der Waals surface area contributed by atoms with Crippen LogP contribution in [0.15, 0.2) is 23.8 Å². The number of carbonyl (C=O) groups excluding carboxylic acids is 2. The molecule has 2 saturated heterocycles. The number of hydrogen-bond donors (Lipinski definition) is 3. The quantitative estimate of drug-likeness (QED) is 0.493. The normalized spacial score (nSPS) is 31.8. The average molecular weight is 351 g/mol. The van der Waals surface area contributed by atoms with E-state index in [1.54, 1.807) is 13.8 Å². The lowest BCUT2D eigenvalue weighted by molar-refractivity contribution is -0.161. The monoisotopic (exact) mass is 351 g/mol. The standard InChI is InChI=1S/C16H21N3O4S/c1-16(2)11(15(22)23)19-13(21)10(14(19)24-16)18-12(20)9(17)8-6-4-3-5-7-8/h3-4,7,9-11,14H,5-6,17H2,1-2H3,(H,18,20)(H,22,23)/t9?,10-,11+,14-/m1/s1. The van der Waals surface area contributed by atoms with Gasteiger partial charge in [0.1, 0.15) is 23.5 Å². The van der Waals surface area contributed by atoms with Crippen LogP contribution in [-0.2, 0) is 14.4 Å². The van der Waals surface area contributed by atoms with Crippen LogP contribution in [0.2, 0.25) is 0 Å². The van der Waals surface area contributed by atoms with Gasteiger partial charge in [0, 0.05) is 4.75 Å². The van der Waals surface area contributed by atoms with E-state index >= 15 is 0 Å². The molecule has 0 radical (unpaired) electrons. The smallest absolute Gasteiger partial charge is 0.327 e. The number of amides is 2. The molecule has 0 aromatic rings. The topological polar surface area (TPSA) is 113 Å². The van der Waals surface area contributed by atoms with Crippen molar-refractivity contribution in [3.05, 3.63) is 23.8 Å². The SMILES string of the molecule is CC1(C)S[C@@H]2[C@H](NC(=O)C(N)C3=CCC=CC3)C(=O)N2[C@H]1C(=O)O. The zero-order valence-electron chi connectivity index (χ0n) is 13.6. The van der Waals surface area contributed by atoms with Crippen molar-refractivity contribution in [1.29, 1.82) is 0 Å². The third kappa shape index (κ3) is 2.63. The summed E-state index contributed by atoms with van der Waals surface area (Å²) in [7, 11) is 0. The van der Waals surface area contributed by atoms with Gasteiger partial charge in [-0.25, -0.2) is 4.79 Å². The van der Waals surface area contributed by atoms with Gasteiger partial charge in [-0.1, -0.05) is 18.2 Å². The highest BCUT2D eigenvalue weighted by Crippen LogP contribution is 2.50. The predicted molar refractivity (Wildman–Crippen MR) is 90.1 cm³/mol. The number of allylic oxidation sites excluding steroid dienone is 3. The first-order valence-corrected chi connectivity index (χ1v) is 8.74. The largest absolute Gasteiger partial charge is 0.480 e. The molecule has 4 atom stereocenters. The Hall–Kier alpha value is -1.80. The van der Waals surface area contributed by atoms with E-state index in [4.69, 9.17) is 5.73 Å². The fourth-order valence-corrected chi connectivity index (χ4v) is 5.05. The minimum absolute atomic E-state index is 0.356. The second-order valence-electron chi connectivity index (χ2n) is 6.75. The van der Waals surface area contributed by atoms with Crippen LogP contribution in [0.3, 0.4) is 0 Å². The van der Waals surface area contributed by atoms with Crippen LogP contribution in [0.4, 0.5) is 0 Å². The number of nitrogens with zero attached hydrogens (tertiary/aromatic N) is 1. The van der Waals surface area contributed by atoms with E-state index in [2.05, 4.69) is 5.32 Å². The lowest BCUT2D eigenvalue weighted by Gasteiger charge is -2.43. The van der Waals surface area contributed by atoms with Crippen LogP contribution in [0.1, 0.15) is 26.7 Å². The van der Waals surface area contributed by atoms with Gasteiger partial charge in [-0.05, 0) is 32.3 Å². The molecule has 1 aliphatic carbocycles. The molecule has 2 amide bonds. The molecule has 3 aliphatic rings. The van der Waals surface area contributed by atoms with Crippen molar-refractivity contribution in [3.8, 4) is 0 Å². The molecule has 130 valence electrons. The summed E-state index contributed by atoms with van der Waals surface area (Å²) < 4.78 is -0.607. The number of fused-ring (bicyclic) bond motifs is 1. The van der Waals surface area contributed by atoms with Crippen LogP contribution in [0.25, 0.3) is 0 Å². The molecule has 2 heterocycles. The number of β-lactam (4-membered cyclic amide) rings is 1. The van der Waals surface area contributed by atoms with Gasteiger partial charge in [0.05, 0.1) is 0 Å². The first kappa shape index (κ1) is 17.0. The number of hydrogen-bond acceptors (Lipinski definition) is 5.